The van der Waals surface area contributed by atoms with Crippen LogP contribution in [-0.4, -0.2) is 16.8 Å². The molecule has 6 heavy (non-hydrogen) atoms. The van der Waals surface area contributed by atoms with Crippen LogP contribution in [0.25, 0.3) is 0 Å². The standard InChI is InChI=1S/C2H2O3S/c3-2(4)1-6-5/h1H2/p+1. The van der Waals surface area contributed by atoms with Gasteiger partial charge in [-0.05, 0) is 0 Å². The van der Waals surface area contributed by atoms with E-state index in [0.717, 1.165) is 0 Å². The highest BCUT2D eigenvalue weighted by atomic mass is 32.1. The number of carboxylic acid groups (broad SMARTS) is 1. The first kappa shape index (κ1) is 5.49. The summed E-state index contributed by atoms with van der Waals surface area (Å²) in [6.07, 6.45) is 0. The van der Waals surface area contributed by atoms with Crippen molar-refractivity contribution in [2.24, 2.45) is 0 Å². The summed E-state index contributed by atoms with van der Waals surface area (Å²) in [5.74, 6) is -1.41. The number of hydrogen-bond donors (Lipinski definition) is 1. The van der Waals surface area contributed by atoms with Crippen LogP contribution in [0.1, 0.15) is 0 Å². The van der Waals surface area contributed by atoms with Gasteiger partial charge in [0.25, 0.3) is 0 Å². The van der Waals surface area contributed by atoms with E-state index in [-0.39, 0.29) is 17.4 Å². The first-order valence-electron chi connectivity index (χ1n) is 1.24. The largest absolute Gasteiger partial charge is 0.477 e. The number of carboxylic acids is 1. The second-order valence-corrected chi connectivity index (χ2v) is 1.18. The van der Waals surface area contributed by atoms with E-state index in [1.54, 1.807) is 0 Å². The molecule has 0 aromatic rings. The minimum atomic E-state index is -1.06. The Balaban J connectivity index is 3.05. The number of hydrogen-bond acceptors (Lipinski definition) is 2. The molecule has 0 fully saturated rings. The summed E-state index contributed by atoms with van der Waals surface area (Å²) in [5, 5.41) is 7.69. The Bertz CT molecular complexity index is 69.2. The van der Waals surface area contributed by atoms with Crippen LogP contribution in [0.5, 0.6) is 0 Å². The quantitative estimate of drug-likeness (QED) is 0.484. The van der Waals surface area contributed by atoms with Crippen molar-refractivity contribution < 1.29 is 14.1 Å². The molecule has 0 aliphatic carbocycles. The van der Waals surface area contributed by atoms with E-state index in [4.69, 9.17) is 5.11 Å². The van der Waals surface area contributed by atoms with Crippen LogP contribution < -0.4 is 0 Å². The molecule has 0 heterocycles. The van der Waals surface area contributed by atoms with Gasteiger partial charge < -0.3 is 5.11 Å². The molecule has 0 spiro atoms. The highest BCUT2D eigenvalue weighted by Crippen LogP contribution is 1.57. The predicted molar refractivity (Wildman–Crippen MR) is 20.6 cm³/mol. The molecule has 0 radical (unpaired) electrons. The Morgan fingerprint density at radius 3 is 2.33 bits per heavy atom. The fourth-order valence-corrected chi connectivity index (χ4v) is 0.151. The summed E-state index contributed by atoms with van der Waals surface area (Å²) in [6.45, 7) is 0. The molecule has 0 saturated carbocycles. The molecule has 0 aromatic heterocycles. The summed E-state index contributed by atoms with van der Waals surface area (Å²) in [5.41, 5.74) is 0. The first-order chi connectivity index (χ1) is 2.77. The lowest BCUT2D eigenvalue weighted by atomic mass is 10.8. The summed E-state index contributed by atoms with van der Waals surface area (Å²) in [7, 11) is 0. The molecule has 34 valence electrons. The normalized spacial score (nSPS) is 7.33. The maximum Gasteiger partial charge on any atom is 0.471 e. The number of rotatable bonds is 2. The number of aliphatic carboxylic acids is 1. The third-order valence-corrected chi connectivity index (χ3v) is 0.547. The third-order valence-electron chi connectivity index (χ3n) is 0.182. The van der Waals surface area contributed by atoms with E-state index in [2.05, 4.69) is 0 Å². The van der Waals surface area contributed by atoms with E-state index < -0.39 is 5.97 Å². The molecular weight excluding hydrogens is 104 g/mol. The lowest BCUT2D eigenvalue weighted by molar-refractivity contribution is -0.133. The van der Waals surface area contributed by atoms with Crippen LogP contribution in [0, 0.1) is 0 Å². The fraction of sp³-hybridized carbons (Fsp3) is 0.500. The van der Waals surface area contributed by atoms with Gasteiger partial charge in [-0.2, -0.15) is 0 Å². The van der Waals surface area contributed by atoms with Gasteiger partial charge in [0.2, 0.25) is 0 Å². The fourth-order valence-electron chi connectivity index (χ4n) is 0.0504. The van der Waals surface area contributed by atoms with Crippen molar-refractivity contribution in [1.82, 2.24) is 0 Å². The van der Waals surface area contributed by atoms with Gasteiger partial charge in [-0.1, -0.05) is 0 Å². The second kappa shape index (κ2) is 2.71. The van der Waals surface area contributed by atoms with Crippen molar-refractivity contribution in [2.45, 2.75) is 0 Å². The van der Waals surface area contributed by atoms with Gasteiger partial charge >= 0.3 is 23.4 Å². The zero-order valence-electron chi connectivity index (χ0n) is 2.88. The highest BCUT2D eigenvalue weighted by molar-refractivity contribution is 7.66. The minimum Gasteiger partial charge on any atom is -0.477 e. The van der Waals surface area contributed by atoms with Crippen LogP contribution >= 0.6 is 0 Å². The van der Waals surface area contributed by atoms with Gasteiger partial charge in [-0.25, -0.2) is 4.79 Å². The van der Waals surface area contributed by atoms with Gasteiger partial charge in [0.05, 0.1) is 0 Å². The third kappa shape index (κ3) is 3.49. The van der Waals surface area contributed by atoms with E-state index in [9.17, 15) is 9.00 Å². The molecule has 0 aliphatic rings. The van der Waals surface area contributed by atoms with Gasteiger partial charge in [-0.15, -0.1) is 0 Å². The second-order valence-electron chi connectivity index (χ2n) is 0.656. The Kier molecular flexibility index (Phi) is 2.48. The molecule has 0 rings (SSSR count). The number of carbonyl (C=O) groups is 1. The lowest BCUT2D eigenvalue weighted by Crippen LogP contribution is -1.98. The zero-order chi connectivity index (χ0) is 4.99. The molecule has 1 N–H and O–H groups in total. The van der Waals surface area contributed by atoms with Crippen LogP contribution in [0.4, 0.5) is 0 Å². The first-order valence-corrected chi connectivity index (χ1v) is 2.15. The molecule has 0 atom stereocenters. The topological polar surface area (TPSA) is 54.4 Å². The van der Waals surface area contributed by atoms with Crippen molar-refractivity contribution in [2.75, 3.05) is 5.75 Å². The summed E-state index contributed by atoms with van der Waals surface area (Å²) in [6, 6.07) is 0. The smallest absolute Gasteiger partial charge is 0.471 e. The van der Waals surface area contributed by atoms with Crippen molar-refractivity contribution in [3.05, 3.63) is 0 Å². The van der Waals surface area contributed by atoms with E-state index in [1.807, 2.05) is 0 Å². The van der Waals surface area contributed by atoms with E-state index >= 15 is 0 Å². The molecule has 3 nitrogen and oxygen atoms in total. The molecule has 0 aliphatic heterocycles. The maximum atomic E-state index is 9.38. The predicted octanol–water partition coefficient (Wildman–Crippen LogP) is -0.501. The molecule has 0 saturated heterocycles. The summed E-state index contributed by atoms with van der Waals surface area (Å²) in [4.78, 5) is 9.38. The van der Waals surface area contributed by atoms with E-state index in [1.165, 1.54) is 0 Å². The molecule has 0 amide bonds. The Labute approximate surface area is 38.5 Å². The maximum absolute atomic E-state index is 9.38. The van der Waals surface area contributed by atoms with Crippen LogP contribution in [0.15, 0.2) is 0 Å². The molecule has 0 unspecified atom stereocenters. The zero-order valence-corrected chi connectivity index (χ0v) is 3.70. The van der Waals surface area contributed by atoms with Gasteiger partial charge in [0, 0.05) is 4.21 Å². The lowest BCUT2D eigenvalue weighted by Gasteiger charge is -1.61. The van der Waals surface area contributed by atoms with Crippen LogP contribution in [0.2, 0.25) is 0 Å². The minimum absolute atomic E-state index is 0.0602. The van der Waals surface area contributed by atoms with Crippen molar-refractivity contribution >= 4 is 17.6 Å². The average molecular weight is 107 g/mol. The monoisotopic (exact) mass is 107 g/mol. The molecule has 0 aromatic carbocycles. The van der Waals surface area contributed by atoms with Crippen molar-refractivity contribution in [1.29, 1.82) is 0 Å². The van der Waals surface area contributed by atoms with Gasteiger partial charge in [-0.3, -0.25) is 0 Å². The molecule has 0 bridgehead atoms. The average Bonchev–Trinajstić information content (AvgIpc) is 1.35. The van der Waals surface area contributed by atoms with Gasteiger partial charge in [0.1, 0.15) is 0 Å². The van der Waals surface area contributed by atoms with Gasteiger partial charge in [0.15, 0.2) is 0 Å². The SMILES string of the molecule is O=[S+]CC(=O)O. The van der Waals surface area contributed by atoms with Crippen LogP contribution in [0.3, 0.4) is 0 Å². The van der Waals surface area contributed by atoms with E-state index in [0.29, 0.717) is 0 Å². The molecular formula is C2H3O3S+. The van der Waals surface area contributed by atoms with Crippen molar-refractivity contribution in [3.8, 4) is 0 Å². The Morgan fingerprint density at radius 2 is 2.33 bits per heavy atom. The van der Waals surface area contributed by atoms with Crippen molar-refractivity contribution in [3.63, 3.8) is 0 Å². The Morgan fingerprint density at radius 1 is 1.83 bits per heavy atom. The summed E-state index contributed by atoms with van der Waals surface area (Å²) < 4.78 is 9.28. The summed E-state index contributed by atoms with van der Waals surface area (Å²) >= 11 is 0.0602. The molecule has 4 heteroatoms. The Hall–Kier alpha value is -0.510. The van der Waals surface area contributed by atoms with Crippen LogP contribution in [-0.2, 0) is 20.7 Å². The highest BCUT2D eigenvalue weighted by Gasteiger charge is 2.04.